The van der Waals surface area contributed by atoms with E-state index < -0.39 is 0 Å². The number of aryl methyl sites for hydroxylation is 1. The minimum absolute atomic E-state index is 0.0361. The number of Topliss-reactive ketones (excluding diaryl/α,β-unsaturated/α-hetero) is 1. The first kappa shape index (κ1) is 17.0. The summed E-state index contributed by atoms with van der Waals surface area (Å²) < 4.78 is 0. The Kier molecular flexibility index (Phi) is 4.41. The third-order valence-corrected chi connectivity index (χ3v) is 5.58. The second-order valence-corrected chi connectivity index (χ2v) is 7.39. The highest BCUT2D eigenvalue weighted by Crippen LogP contribution is 2.44. The van der Waals surface area contributed by atoms with Gasteiger partial charge < -0.3 is 0 Å². The molecule has 2 aromatic carbocycles. The van der Waals surface area contributed by atoms with Gasteiger partial charge in [0.2, 0.25) is 5.91 Å². The van der Waals surface area contributed by atoms with E-state index in [1.54, 1.807) is 17.0 Å². The predicted molar refractivity (Wildman–Crippen MR) is 103 cm³/mol. The fourth-order valence-corrected chi connectivity index (χ4v) is 4.25. The van der Waals surface area contributed by atoms with Crippen LogP contribution in [0, 0.1) is 6.92 Å². The van der Waals surface area contributed by atoms with Gasteiger partial charge >= 0.3 is 0 Å². The molecule has 0 radical (unpaired) electrons. The maximum absolute atomic E-state index is 13.1. The summed E-state index contributed by atoms with van der Waals surface area (Å²) in [5.41, 5.74) is 4.67. The van der Waals surface area contributed by atoms with E-state index in [1.165, 1.54) is 0 Å². The van der Waals surface area contributed by atoms with E-state index in [-0.39, 0.29) is 17.6 Å². The van der Waals surface area contributed by atoms with E-state index in [1.807, 2.05) is 43.3 Å². The first-order valence-corrected chi connectivity index (χ1v) is 9.34. The van der Waals surface area contributed by atoms with Gasteiger partial charge in [0, 0.05) is 40.7 Å². The predicted octanol–water partition coefficient (Wildman–Crippen LogP) is 5.18. The fraction of sp³-hybridized carbons (Fsp3) is 0.273. The summed E-state index contributed by atoms with van der Waals surface area (Å²) in [6, 6.07) is 15.3. The Bertz CT molecular complexity index is 914. The van der Waals surface area contributed by atoms with Crippen LogP contribution in [0.5, 0.6) is 0 Å². The van der Waals surface area contributed by atoms with Gasteiger partial charge in [0.15, 0.2) is 5.78 Å². The summed E-state index contributed by atoms with van der Waals surface area (Å²) in [7, 11) is 0. The number of halogens is 1. The first-order valence-electron chi connectivity index (χ1n) is 8.96. The monoisotopic (exact) mass is 365 g/mol. The third kappa shape index (κ3) is 2.86. The van der Waals surface area contributed by atoms with E-state index in [2.05, 4.69) is 0 Å². The average Bonchev–Trinajstić information content (AvgIpc) is 2.63. The summed E-state index contributed by atoms with van der Waals surface area (Å²) in [4.78, 5) is 27.7. The molecule has 1 amide bonds. The Labute approximate surface area is 158 Å². The summed E-state index contributed by atoms with van der Waals surface area (Å²) in [6.07, 6.45) is 2.41. The topological polar surface area (TPSA) is 37.4 Å². The zero-order valence-electron chi connectivity index (χ0n) is 14.7. The van der Waals surface area contributed by atoms with Crippen molar-refractivity contribution in [2.75, 3.05) is 4.90 Å². The largest absolute Gasteiger partial charge is 0.294 e. The molecule has 0 fully saturated rings. The molecule has 2 aromatic rings. The second kappa shape index (κ2) is 6.73. The van der Waals surface area contributed by atoms with Gasteiger partial charge in [0.1, 0.15) is 0 Å². The number of hydrogen-bond donors (Lipinski definition) is 0. The zero-order valence-corrected chi connectivity index (χ0v) is 15.4. The van der Waals surface area contributed by atoms with Gasteiger partial charge in [-0.1, -0.05) is 35.9 Å². The SMILES string of the molecule is Cc1ccccc1C1CC(=O)N(c2ccc(Cl)cc2)C2=C1C(=O)CCC2. The van der Waals surface area contributed by atoms with Crippen LogP contribution in [-0.2, 0) is 9.59 Å². The van der Waals surface area contributed by atoms with E-state index >= 15 is 0 Å². The highest BCUT2D eigenvalue weighted by atomic mass is 35.5. The molecule has 2 aliphatic rings. The van der Waals surface area contributed by atoms with Crippen molar-refractivity contribution in [1.29, 1.82) is 0 Å². The number of anilines is 1. The smallest absolute Gasteiger partial charge is 0.232 e. The molecule has 0 aromatic heterocycles. The van der Waals surface area contributed by atoms with Gasteiger partial charge in [-0.25, -0.2) is 0 Å². The third-order valence-electron chi connectivity index (χ3n) is 5.32. The number of allylic oxidation sites excluding steroid dienone is 2. The highest BCUT2D eigenvalue weighted by molar-refractivity contribution is 6.30. The molecule has 1 heterocycles. The highest BCUT2D eigenvalue weighted by Gasteiger charge is 2.39. The molecule has 0 bridgehead atoms. The Balaban J connectivity index is 1.87. The van der Waals surface area contributed by atoms with Crippen molar-refractivity contribution in [3.05, 3.63) is 76.0 Å². The fourth-order valence-electron chi connectivity index (χ4n) is 4.13. The van der Waals surface area contributed by atoms with Gasteiger partial charge in [-0.3, -0.25) is 14.5 Å². The molecule has 0 saturated carbocycles. The van der Waals surface area contributed by atoms with Gasteiger partial charge in [-0.15, -0.1) is 0 Å². The van der Waals surface area contributed by atoms with E-state index in [0.29, 0.717) is 17.9 Å². The van der Waals surface area contributed by atoms with E-state index in [9.17, 15) is 9.59 Å². The molecule has 1 aliphatic heterocycles. The average molecular weight is 366 g/mol. The van der Waals surface area contributed by atoms with Crippen molar-refractivity contribution in [3.63, 3.8) is 0 Å². The zero-order chi connectivity index (χ0) is 18.3. The summed E-state index contributed by atoms with van der Waals surface area (Å²) in [6.45, 7) is 2.04. The lowest BCUT2D eigenvalue weighted by Gasteiger charge is -2.38. The number of carbonyl (C=O) groups excluding carboxylic acids is 2. The molecule has 0 N–H and O–H groups in total. The van der Waals surface area contributed by atoms with Crippen LogP contribution < -0.4 is 4.90 Å². The number of benzene rings is 2. The van der Waals surface area contributed by atoms with Crippen LogP contribution in [-0.4, -0.2) is 11.7 Å². The molecule has 0 saturated heterocycles. The Morgan fingerprint density at radius 1 is 1.00 bits per heavy atom. The van der Waals surface area contributed by atoms with Gasteiger partial charge in [0.25, 0.3) is 0 Å². The molecule has 3 nitrogen and oxygen atoms in total. The number of amides is 1. The molecule has 1 unspecified atom stereocenters. The summed E-state index contributed by atoms with van der Waals surface area (Å²) in [5, 5.41) is 0.630. The normalized spacial score (nSPS) is 20.4. The van der Waals surface area contributed by atoms with E-state index in [4.69, 9.17) is 11.6 Å². The Morgan fingerprint density at radius 2 is 1.73 bits per heavy atom. The van der Waals surface area contributed by atoms with Crippen LogP contribution in [0.1, 0.15) is 42.7 Å². The second-order valence-electron chi connectivity index (χ2n) is 6.96. The van der Waals surface area contributed by atoms with Crippen molar-refractivity contribution in [2.45, 2.75) is 38.5 Å². The Morgan fingerprint density at radius 3 is 2.46 bits per heavy atom. The van der Waals surface area contributed by atoms with Crippen molar-refractivity contribution < 1.29 is 9.59 Å². The molecule has 4 rings (SSSR count). The van der Waals surface area contributed by atoms with Crippen molar-refractivity contribution in [3.8, 4) is 0 Å². The summed E-state index contributed by atoms with van der Waals surface area (Å²) >= 11 is 6.00. The van der Waals surface area contributed by atoms with Crippen molar-refractivity contribution >= 4 is 29.0 Å². The molecule has 1 aliphatic carbocycles. The van der Waals surface area contributed by atoms with Crippen LogP contribution in [0.25, 0.3) is 0 Å². The molecule has 26 heavy (non-hydrogen) atoms. The number of ketones is 1. The lowest BCUT2D eigenvalue weighted by Crippen LogP contribution is -2.40. The molecular weight excluding hydrogens is 346 g/mol. The van der Waals surface area contributed by atoms with Crippen LogP contribution in [0.2, 0.25) is 5.02 Å². The van der Waals surface area contributed by atoms with Crippen molar-refractivity contribution in [1.82, 2.24) is 0 Å². The molecule has 1 atom stereocenters. The summed E-state index contributed by atoms with van der Waals surface area (Å²) in [5.74, 6) is 0.0649. The van der Waals surface area contributed by atoms with Gasteiger partial charge in [-0.05, 0) is 55.2 Å². The standard InChI is InChI=1S/C22H20ClNO2/c1-14-5-2-3-6-17(14)18-13-21(26)24(16-11-9-15(23)10-12-16)19-7-4-8-20(25)22(18)19/h2-3,5-6,9-12,18H,4,7-8,13H2,1H3. The number of nitrogens with zero attached hydrogens (tertiary/aromatic N) is 1. The molecule has 4 heteroatoms. The Hall–Kier alpha value is -2.39. The van der Waals surface area contributed by atoms with Gasteiger partial charge in [0.05, 0.1) is 0 Å². The van der Waals surface area contributed by atoms with Gasteiger partial charge in [-0.2, -0.15) is 0 Å². The van der Waals surface area contributed by atoms with Crippen molar-refractivity contribution in [2.24, 2.45) is 0 Å². The van der Waals surface area contributed by atoms with Crippen LogP contribution in [0.4, 0.5) is 5.69 Å². The lowest BCUT2D eigenvalue weighted by molar-refractivity contribution is -0.119. The number of carbonyl (C=O) groups is 2. The molecule has 132 valence electrons. The minimum atomic E-state index is -0.143. The maximum Gasteiger partial charge on any atom is 0.232 e. The van der Waals surface area contributed by atoms with Crippen LogP contribution >= 0.6 is 11.6 Å². The number of rotatable bonds is 2. The quantitative estimate of drug-likeness (QED) is 0.735. The van der Waals surface area contributed by atoms with Crippen LogP contribution in [0.3, 0.4) is 0 Å². The first-order chi connectivity index (χ1) is 12.6. The lowest BCUT2D eigenvalue weighted by atomic mass is 9.76. The number of hydrogen-bond acceptors (Lipinski definition) is 2. The molecule has 0 spiro atoms. The molecular formula is C22H20ClNO2. The van der Waals surface area contributed by atoms with Crippen LogP contribution in [0.15, 0.2) is 59.8 Å². The minimum Gasteiger partial charge on any atom is -0.294 e. The van der Waals surface area contributed by atoms with E-state index in [0.717, 1.165) is 40.9 Å². The maximum atomic E-state index is 13.1.